The third kappa shape index (κ3) is 5.93. The van der Waals surface area contributed by atoms with E-state index >= 15 is 0 Å². The average Bonchev–Trinajstić information content (AvgIpc) is 3.49. The van der Waals surface area contributed by atoms with Crippen molar-refractivity contribution in [3.05, 3.63) is 75.3 Å². The fourth-order valence-corrected chi connectivity index (χ4v) is 5.02. The summed E-state index contributed by atoms with van der Waals surface area (Å²) in [7, 11) is 0. The van der Waals surface area contributed by atoms with Gasteiger partial charge in [0.25, 0.3) is 0 Å². The van der Waals surface area contributed by atoms with Crippen molar-refractivity contribution in [3.63, 3.8) is 0 Å². The quantitative estimate of drug-likeness (QED) is 0.465. The highest BCUT2D eigenvalue weighted by Crippen LogP contribution is 2.34. The van der Waals surface area contributed by atoms with Crippen molar-refractivity contribution >= 4 is 34.9 Å². The molecule has 0 bridgehead atoms. The number of hydrogen-bond acceptors (Lipinski definition) is 5. The molecule has 1 atom stereocenters. The minimum atomic E-state index is -0.304. The number of nitrogens with one attached hydrogen (secondary N) is 1. The van der Waals surface area contributed by atoms with Gasteiger partial charge >= 0.3 is 6.03 Å². The summed E-state index contributed by atoms with van der Waals surface area (Å²) in [5.41, 5.74) is 1.10. The first-order valence-electron chi connectivity index (χ1n) is 11.2. The largest absolute Gasteiger partial charge is 0.491 e. The van der Waals surface area contributed by atoms with Gasteiger partial charge in [-0.05, 0) is 73.7 Å². The highest BCUT2D eigenvalue weighted by molar-refractivity contribution is 7.10. The molecule has 3 heterocycles. The zero-order valence-electron chi connectivity index (χ0n) is 19.2. The predicted octanol–water partition coefficient (Wildman–Crippen LogP) is 5.12. The Balaban J connectivity index is 1.51. The van der Waals surface area contributed by atoms with Crippen LogP contribution in [0.25, 0.3) is 0 Å². The normalized spacial score (nSPS) is 15.2. The highest BCUT2D eigenvalue weighted by Gasteiger charge is 2.33. The number of fused-ring (bicyclic) bond motifs is 1. The number of thiophene rings is 1. The summed E-state index contributed by atoms with van der Waals surface area (Å²) in [6.07, 6.45) is 2.34. The Bertz CT molecular complexity index is 1100. The molecule has 1 N–H and O–H groups in total. The summed E-state index contributed by atoms with van der Waals surface area (Å²) in [5, 5.41) is 5.56. The molecule has 0 spiro atoms. The zero-order chi connectivity index (χ0) is 24.1. The molecule has 1 aromatic carbocycles. The Hall–Kier alpha value is -2.97. The van der Waals surface area contributed by atoms with Gasteiger partial charge < -0.3 is 24.3 Å². The Kier molecular flexibility index (Phi) is 7.80. The van der Waals surface area contributed by atoms with Crippen molar-refractivity contribution in [2.75, 3.05) is 19.7 Å². The molecule has 0 saturated carbocycles. The first kappa shape index (κ1) is 24.2. The van der Waals surface area contributed by atoms with Crippen LogP contribution in [0.15, 0.2) is 58.5 Å². The van der Waals surface area contributed by atoms with Crippen LogP contribution in [0.2, 0.25) is 5.02 Å². The number of urea groups is 1. The molecular formula is C25H28ClN3O4S. The van der Waals surface area contributed by atoms with Crippen molar-refractivity contribution < 1.29 is 18.7 Å². The summed E-state index contributed by atoms with van der Waals surface area (Å²) >= 11 is 7.68. The van der Waals surface area contributed by atoms with E-state index in [0.717, 1.165) is 12.0 Å². The molecule has 3 aromatic rings. The molecule has 0 radical (unpaired) electrons. The van der Waals surface area contributed by atoms with Crippen LogP contribution in [-0.4, -0.2) is 47.5 Å². The molecule has 9 heteroatoms. The lowest BCUT2D eigenvalue weighted by Crippen LogP contribution is -2.50. The summed E-state index contributed by atoms with van der Waals surface area (Å²) in [4.78, 5) is 30.9. The maximum absolute atomic E-state index is 13.5. The van der Waals surface area contributed by atoms with Crippen molar-refractivity contribution in [2.24, 2.45) is 0 Å². The Morgan fingerprint density at radius 3 is 2.76 bits per heavy atom. The van der Waals surface area contributed by atoms with Gasteiger partial charge in [-0.1, -0.05) is 11.6 Å². The molecule has 3 amide bonds. The van der Waals surface area contributed by atoms with E-state index in [2.05, 4.69) is 11.4 Å². The van der Waals surface area contributed by atoms with Gasteiger partial charge in [-0.3, -0.25) is 4.79 Å². The highest BCUT2D eigenvalue weighted by atomic mass is 35.5. The van der Waals surface area contributed by atoms with Crippen LogP contribution < -0.4 is 10.1 Å². The van der Waals surface area contributed by atoms with E-state index < -0.39 is 0 Å². The van der Waals surface area contributed by atoms with Crippen LogP contribution >= 0.6 is 22.9 Å². The number of ether oxygens (including phenoxy) is 1. The lowest BCUT2D eigenvalue weighted by molar-refractivity contribution is -0.135. The van der Waals surface area contributed by atoms with E-state index in [0.29, 0.717) is 29.7 Å². The van der Waals surface area contributed by atoms with Gasteiger partial charge in [0, 0.05) is 22.5 Å². The molecule has 0 saturated heterocycles. The number of furan rings is 1. The minimum Gasteiger partial charge on any atom is -0.491 e. The van der Waals surface area contributed by atoms with Gasteiger partial charge in [0.15, 0.2) is 0 Å². The van der Waals surface area contributed by atoms with E-state index in [1.807, 2.05) is 36.3 Å². The van der Waals surface area contributed by atoms with E-state index in [1.54, 1.807) is 41.9 Å². The second-order valence-corrected chi connectivity index (χ2v) is 9.89. The average molecular weight is 502 g/mol. The summed E-state index contributed by atoms with van der Waals surface area (Å²) in [6.45, 7) is 4.81. The number of rotatable bonds is 8. The van der Waals surface area contributed by atoms with Crippen LogP contribution in [-0.2, 0) is 17.8 Å². The molecule has 1 aliphatic rings. The smallest absolute Gasteiger partial charge is 0.318 e. The molecule has 0 fully saturated rings. The van der Waals surface area contributed by atoms with E-state index in [9.17, 15) is 9.59 Å². The molecule has 7 nitrogen and oxygen atoms in total. The first-order chi connectivity index (χ1) is 16.4. The van der Waals surface area contributed by atoms with Crippen molar-refractivity contribution in [1.29, 1.82) is 0 Å². The first-order valence-corrected chi connectivity index (χ1v) is 12.5. The zero-order valence-corrected chi connectivity index (χ0v) is 20.8. The second kappa shape index (κ2) is 11.0. The number of halogens is 1. The van der Waals surface area contributed by atoms with E-state index in [4.69, 9.17) is 20.8 Å². The van der Waals surface area contributed by atoms with E-state index in [-0.39, 0.29) is 37.1 Å². The maximum atomic E-state index is 13.5. The van der Waals surface area contributed by atoms with Crippen molar-refractivity contribution in [3.8, 4) is 5.75 Å². The monoisotopic (exact) mass is 501 g/mol. The van der Waals surface area contributed by atoms with Crippen molar-refractivity contribution in [1.82, 2.24) is 15.1 Å². The van der Waals surface area contributed by atoms with Gasteiger partial charge in [0.05, 0.1) is 18.8 Å². The molecular weight excluding hydrogens is 474 g/mol. The SMILES string of the molecule is CC(C)NC(=O)N(CC(=O)N1CCc2sccc2[C@@H]1COc1ccc(Cl)cc1)Cc1ccco1. The topological polar surface area (TPSA) is 75.0 Å². The summed E-state index contributed by atoms with van der Waals surface area (Å²) in [6, 6.07) is 12.2. The third-order valence-corrected chi connectivity index (χ3v) is 6.84. The van der Waals surface area contributed by atoms with Crippen LogP contribution in [0.3, 0.4) is 0 Å². The summed E-state index contributed by atoms with van der Waals surface area (Å²) in [5.74, 6) is 1.18. The van der Waals surface area contributed by atoms with Crippen LogP contribution in [0.5, 0.6) is 5.75 Å². The second-order valence-electron chi connectivity index (χ2n) is 8.46. The number of benzene rings is 1. The van der Waals surface area contributed by atoms with Crippen LogP contribution in [0.1, 0.15) is 36.1 Å². The fraction of sp³-hybridized carbons (Fsp3) is 0.360. The van der Waals surface area contributed by atoms with Gasteiger partial charge in [-0.15, -0.1) is 11.3 Å². The molecule has 2 aromatic heterocycles. The number of hydrogen-bond donors (Lipinski definition) is 1. The van der Waals surface area contributed by atoms with Gasteiger partial charge in [-0.25, -0.2) is 4.79 Å². The van der Waals surface area contributed by atoms with Gasteiger partial charge in [0.2, 0.25) is 5.91 Å². The molecule has 0 aliphatic carbocycles. The molecule has 180 valence electrons. The number of carbonyl (C=O) groups excluding carboxylic acids is 2. The van der Waals surface area contributed by atoms with Crippen molar-refractivity contribution in [2.45, 2.75) is 38.9 Å². The summed E-state index contributed by atoms with van der Waals surface area (Å²) < 4.78 is 11.5. The lowest BCUT2D eigenvalue weighted by Gasteiger charge is -2.37. The Labute approximate surface area is 208 Å². The molecule has 0 unspecified atom stereocenters. The molecule has 1 aliphatic heterocycles. The predicted molar refractivity (Wildman–Crippen MR) is 132 cm³/mol. The van der Waals surface area contributed by atoms with Gasteiger partial charge in [-0.2, -0.15) is 0 Å². The fourth-order valence-electron chi connectivity index (χ4n) is 3.96. The number of amides is 3. The molecule has 4 rings (SSSR count). The molecule has 34 heavy (non-hydrogen) atoms. The number of carbonyl (C=O) groups is 2. The Morgan fingerprint density at radius 1 is 1.26 bits per heavy atom. The Morgan fingerprint density at radius 2 is 2.06 bits per heavy atom. The standard InChI is InChI=1S/C25H28ClN3O4S/c1-17(2)27-25(31)28(14-20-4-3-12-32-20)15-24(30)29-11-9-23-21(10-13-34-23)22(29)16-33-19-7-5-18(26)6-8-19/h3-8,10,12-13,17,22H,9,11,14-16H2,1-2H3,(H,27,31)/t22-/m0/s1. The van der Waals surface area contributed by atoms with Crippen LogP contribution in [0, 0.1) is 0 Å². The maximum Gasteiger partial charge on any atom is 0.318 e. The number of nitrogens with zero attached hydrogens (tertiary/aromatic N) is 2. The van der Waals surface area contributed by atoms with E-state index in [1.165, 1.54) is 9.78 Å². The minimum absolute atomic E-state index is 0.0504. The third-order valence-electron chi connectivity index (χ3n) is 5.59. The lowest BCUT2D eigenvalue weighted by atomic mass is 10.0. The van der Waals surface area contributed by atoms with Crippen LogP contribution in [0.4, 0.5) is 4.79 Å². The van der Waals surface area contributed by atoms with Gasteiger partial charge in [0.1, 0.15) is 24.7 Å².